The summed E-state index contributed by atoms with van der Waals surface area (Å²) in [6, 6.07) is 15.5. The lowest BCUT2D eigenvalue weighted by Crippen LogP contribution is -2.12. The van der Waals surface area contributed by atoms with Crippen LogP contribution >= 0.6 is 23.5 Å². The van der Waals surface area contributed by atoms with Crippen LogP contribution in [-0.2, 0) is 5.41 Å². The second kappa shape index (κ2) is 7.24. The maximum atomic E-state index is 12.3. The molecule has 2 aromatic rings. The van der Waals surface area contributed by atoms with Gasteiger partial charge in [-0.05, 0) is 40.8 Å². The molecule has 2 aromatic carbocycles. The Labute approximate surface area is 152 Å². The second-order valence-corrected chi connectivity index (χ2v) is 9.58. The molecule has 2 nitrogen and oxygen atoms in total. The summed E-state index contributed by atoms with van der Waals surface area (Å²) in [5, 5.41) is 0. The van der Waals surface area contributed by atoms with Crippen LogP contribution in [0, 0.1) is 0 Å². The lowest BCUT2D eigenvalue weighted by molar-refractivity contribution is 0.0734. The van der Waals surface area contributed by atoms with Crippen LogP contribution in [0.25, 0.3) is 0 Å². The normalized spacial score (nSPS) is 15.5. The Kier molecular flexibility index (Phi) is 5.26. The van der Waals surface area contributed by atoms with Crippen molar-refractivity contribution in [3.63, 3.8) is 0 Å². The van der Waals surface area contributed by atoms with Gasteiger partial charge < -0.3 is 4.74 Å². The van der Waals surface area contributed by atoms with Gasteiger partial charge in [0.25, 0.3) is 0 Å². The van der Waals surface area contributed by atoms with Gasteiger partial charge in [0.15, 0.2) is 0 Å². The van der Waals surface area contributed by atoms with E-state index in [0.717, 1.165) is 0 Å². The summed E-state index contributed by atoms with van der Waals surface area (Å²) in [5.41, 5.74) is 3.15. The van der Waals surface area contributed by atoms with Crippen molar-refractivity contribution >= 4 is 29.5 Å². The predicted octanol–water partition coefficient (Wildman–Crippen LogP) is 5.68. The minimum Gasteiger partial charge on any atom is -0.423 e. The summed E-state index contributed by atoms with van der Waals surface area (Å²) in [6.45, 7) is 6.47. The van der Waals surface area contributed by atoms with Gasteiger partial charge in [-0.1, -0.05) is 45.0 Å². The van der Waals surface area contributed by atoms with Crippen molar-refractivity contribution in [2.24, 2.45) is 0 Å². The van der Waals surface area contributed by atoms with E-state index in [0.29, 0.717) is 15.9 Å². The quantitative estimate of drug-likeness (QED) is 0.521. The van der Waals surface area contributed by atoms with Gasteiger partial charge >= 0.3 is 5.97 Å². The summed E-state index contributed by atoms with van der Waals surface area (Å²) in [6.07, 6.45) is 0. The van der Waals surface area contributed by atoms with E-state index in [1.54, 1.807) is 0 Å². The molecule has 126 valence electrons. The van der Waals surface area contributed by atoms with Crippen molar-refractivity contribution in [2.45, 2.75) is 30.8 Å². The topological polar surface area (TPSA) is 26.3 Å². The zero-order valence-corrected chi connectivity index (χ0v) is 15.9. The second-order valence-electron chi connectivity index (χ2n) is 6.86. The van der Waals surface area contributed by atoms with Gasteiger partial charge in [0.1, 0.15) is 5.75 Å². The molecular weight excluding hydrogens is 336 g/mol. The predicted molar refractivity (Wildman–Crippen MR) is 104 cm³/mol. The van der Waals surface area contributed by atoms with Crippen molar-refractivity contribution in [1.82, 2.24) is 0 Å². The van der Waals surface area contributed by atoms with Crippen LogP contribution < -0.4 is 4.74 Å². The SMILES string of the molecule is CC(C)(C)c1ccc(C(=O)Oc2ccc(C3SCCS3)cc2)cc1. The van der Waals surface area contributed by atoms with Crippen LogP contribution in [0.15, 0.2) is 48.5 Å². The third-order valence-corrected chi connectivity index (χ3v) is 7.08. The molecule has 0 unspecified atom stereocenters. The van der Waals surface area contributed by atoms with Crippen molar-refractivity contribution in [3.8, 4) is 5.75 Å². The fourth-order valence-corrected chi connectivity index (χ4v) is 5.38. The smallest absolute Gasteiger partial charge is 0.343 e. The lowest BCUT2D eigenvalue weighted by atomic mass is 9.87. The third-order valence-electron chi connectivity index (χ3n) is 3.97. The number of esters is 1. The highest BCUT2D eigenvalue weighted by atomic mass is 32.2. The first-order valence-electron chi connectivity index (χ1n) is 8.09. The van der Waals surface area contributed by atoms with Gasteiger partial charge in [-0.3, -0.25) is 0 Å². The molecule has 0 amide bonds. The molecule has 1 aliphatic heterocycles. The molecule has 3 rings (SSSR count). The van der Waals surface area contributed by atoms with E-state index in [-0.39, 0.29) is 11.4 Å². The number of carbonyl (C=O) groups is 1. The first kappa shape index (κ1) is 17.4. The Morgan fingerprint density at radius 2 is 1.54 bits per heavy atom. The Hall–Kier alpha value is -1.39. The van der Waals surface area contributed by atoms with E-state index >= 15 is 0 Å². The third kappa shape index (κ3) is 4.17. The minimum absolute atomic E-state index is 0.0779. The van der Waals surface area contributed by atoms with Crippen LogP contribution in [0.5, 0.6) is 5.75 Å². The van der Waals surface area contributed by atoms with Crippen LogP contribution in [-0.4, -0.2) is 17.5 Å². The standard InChI is InChI=1S/C20H22O2S2/c1-20(2,3)16-8-4-14(5-9-16)18(21)22-17-10-6-15(7-11-17)19-23-12-13-24-19/h4-11,19H,12-13H2,1-3H3. The number of ether oxygens (including phenoxy) is 1. The number of carbonyl (C=O) groups excluding carboxylic acids is 1. The lowest BCUT2D eigenvalue weighted by Gasteiger charge is -2.18. The number of hydrogen-bond acceptors (Lipinski definition) is 4. The Balaban J connectivity index is 1.66. The Morgan fingerprint density at radius 3 is 2.08 bits per heavy atom. The number of thioether (sulfide) groups is 2. The summed E-state index contributed by atoms with van der Waals surface area (Å²) in [7, 11) is 0. The molecule has 0 aromatic heterocycles. The summed E-state index contributed by atoms with van der Waals surface area (Å²) in [5.74, 6) is 2.69. The molecule has 0 N–H and O–H groups in total. The molecular formula is C20H22O2S2. The van der Waals surface area contributed by atoms with Crippen LogP contribution in [0.2, 0.25) is 0 Å². The highest BCUT2D eigenvalue weighted by molar-refractivity contribution is 8.19. The molecule has 1 fully saturated rings. The average Bonchev–Trinajstić information content (AvgIpc) is 3.09. The van der Waals surface area contributed by atoms with Crippen molar-refractivity contribution in [2.75, 3.05) is 11.5 Å². The van der Waals surface area contributed by atoms with E-state index in [4.69, 9.17) is 4.74 Å². The number of hydrogen-bond donors (Lipinski definition) is 0. The van der Waals surface area contributed by atoms with Gasteiger partial charge in [0, 0.05) is 11.5 Å². The van der Waals surface area contributed by atoms with Crippen molar-refractivity contribution in [3.05, 3.63) is 65.2 Å². The fraction of sp³-hybridized carbons (Fsp3) is 0.350. The minimum atomic E-state index is -0.312. The molecule has 4 heteroatoms. The maximum absolute atomic E-state index is 12.3. The van der Waals surface area contributed by atoms with Crippen LogP contribution in [0.3, 0.4) is 0 Å². The van der Waals surface area contributed by atoms with E-state index in [1.807, 2.05) is 59.9 Å². The zero-order chi connectivity index (χ0) is 17.2. The molecule has 1 aliphatic rings. The van der Waals surface area contributed by atoms with E-state index < -0.39 is 0 Å². The van der Waals surface area contributed by atoms with E-state index in [9.17, 15) is 4.79 Å². The van der Waals surface area contributed by atoms with Crippen molar-refractivity contribution in [1.29, 1.82) is 0 Å². The van der Waals surface area contributed by atoms with Gasteiger partial charge in [-0.25, -0.2) is 4.79 Å². The number of rotatable bonds is 3. The molecule has 0 atom stereocenters. The van der Waals surface area contributed by atoms with Crippen molar-refractivity contribution < 1.29 is 9.53 Å². The first-order valence-corrected chi connectivity index (χ1v) is 10.2. The van der Waals surface area contributed by atoms with Crippen LogP contribution in [0.4, 0.5) is 0 Å². The highest BCUT2D eigenvalue weighted by Crippen LogP contribution is 2.45. The Morgan fingerprint density at radius 1 is 0.958 bits per heavy atom. The van der Waals surface area contributed by atoms with Gasteiger partial charge in [0.05, 0.1) is 10.1 Å². The molecule has 1 heterocycles. The highest BCUT2D eigenvalue weighted by Gasteiger charge is 2.18. The van der Waals surface area contributed by atoms with Gasteiger partial charge in [0.2, 0.25) is 0 Å². The summed E-state index contributed by atoms with van der Waals surface area (Å²) in [4.78, 5) is 12.3. The molecule has 0 saturated carbocycles. The largest absolute Gasteiger partial charge is 0.423 e. The first-order chi connectivity index (χ1) is 11.4. The van der Waals surface area contributed by atoms with E-state index in [1.165, 1.54) is 22.6 Å². The molecule has 0 radical (unpaired) electrons. The maximum Gasteiger partial charge on any atom is 0.343 e. The van der Waals surface area contributed by atoms with E-state index in [2.05, 4.69) is 32.9 Å². The molecule has 1 saturated heterocycles. The zero-order valence-electron chi connectivity index (χ0n) is 14.2. The molecule has 0 aliphatic carbocycles. The molecule has 24 heavy (non-hydrogen) atoms. The monoisotopic (exact) mass is 358 g/mol. The van der Waals surface area contributed by atoms with Gasteiger partial charge in [-0.2, -0.15) is 0 Å². The summed E-state index contributed by atoms with van der Waals surface area (Å²) >= 11 is 3.94. The average molecular weight is 359 g/mol. The Bertz CT molecular complexity index is 694. The van der Waals surface area contributed by atoms with Crippen LogP contribution in [0.1, 0.15) is 46.8 Å². The van der Waals surface area contributed by atoms with Gasteiger partial charge in [-0.15, -0.1) is 23.5 Å². The summed E-state index contributed by atoms with van der Waals surface area (Å²) < 4.78 is 6.00. The fourth-order valence-electron chi connectivity index (χ4n) is 2.52. The molecule has 0 spiro atoms. The number of benzene rings is 2. The molecule has 0 bridgehead atoms.